The molecule has 0 saturated carbocycles. The SMILES string of the molecule is COc1ccccc1C1=NO[C@@H](C(=O)Nc2c(C)nn(Cc3ccccc3)c2C)C1. The zero-order chi connectivity index (χ0) is 21.1. The van der Waals surface area contributed by atoms with E-state index in [0.717, 1.165) is 22.5 Å². The van der Waals surface area contributed by atoms with E-state index in [9.17, 15) is 4.79 Å². The first-order valence-electron chi connectivity index (χ1n) is 9.81. The van der Waals surface area contributed by atoms with Gasteiger partial charge in [-0.25, -0.2) is 0 Å². The molecule has 3 aromatic rings. The molecule has 4 rings (SSSR count). The molecule has 30 heavy (non-hydrogen) atoms. The van der Waals surface area contributed by atoms with Gasteiger partial charge in [-0.2, -0.15) is 5.10 Å². The molecule has 1 N–H and O–H groups in total. The average molecular weight is 404 g/mol. The number of methoxy groups -OCH3 is 1. The van der Waals surface area contributed by atoms with Gasteiger partial charge in [-0.3, -0.25) is 9.48 Å². The second-order valence-electron chi connectivity index (χ2n) is 7.21. The Balaban J connectivity index is 1.45. The van der Waals surface area contributed by atoms with Crippen LogP contribution in [0, 0.1) is 13.8 Å². The van der Waals surface area contributed by atoms with Crippen LogP contribution in [-0.4, -0.2) is 34.6 Å². The maximum Gasteiger partial charge on any atom is 0.268 e. The number of nitrogens with one attached hydrogen (secondary N) is 1. The minimum absolute atomic E-state index is 0.242. The lowest BCUT2D eigenvalue weighted by Gasteiger charge is -2.11. The molecule has 0 radical (unpaired) electrons. The van der Waals surface area contributed by atoms with E-state index in [4.69, 9.17) is 9.57 Å². The molecule has 2 aromatic carbocycles. The molecule has 0 unspecified atom stereocenters. The van der Waals surface area contributed by atoms with Crippen molar-refractivity contribution in [1.29, 1.82) is 0 Å². The van der Waals surface area contributed by atoms with Crippen molar-refractivity contribution in [3.63, 3.8) is 0 Å². The monoisotopic (exact) mass is 404 g/mol. The number of benzene rings is 2. The Kier molecular flexibility index (Phi) is 5.52. The summed E-state index contributed by atoms with van der Waals surface area (Å²) in [5.41, 5.74) is 5.05. The number of carbonyl (C=O) groups excluding carboxylic acids is 1. The maximum atomic E-state index is 12.8. The van der Waals surface area contributed by atoms with Crippen LogP contribution in [0.1, 0.15) is 28.9 Å². The van der Waals surface area contributed by atoms with Crippen molar-refractivity contribution in [1.82, 2.24) is 9.78 Å². The van der Waals surface area contributed by atoms with E-state index in [1.54, 1.807) is 7.11 Å². The van der Waals surface area contributed by atoms with Crippen molar-refractivity contribution in [3.05, 3.63) is 77.1 Å². The van der Waals surface area contributed by atoms with Crippen LogP contribution in [-0.2, 0) is 16.2 Å². The van der Waals surface area contributed by atoms with Crippen LogP contribution < -0.4 is 10.1 Å². The van der Waals surface area contributed by atoms with Crippen molar-refractivity contribution in [3.8, 4) is 5.75 Å². The molecule has 154 valence electrons. The van der Waals surface area contributed by atoms with Crippen molar-refractivity contribution >= 4 is 17.3 Å². The van der Waals surface area contributed by atoms with Crippen LogP contribution in [0.3, 0.4) is 0 Å². The fourth-order valence-electron chi connectivity index (χ4n) is 3.55. The second kappa shape index (κ2) is 8.41. The van der Waals surface area contributed by atoms with Crippen LogP contribution in [0.15, 0.2) is 59.8 Å². The first kappa shape index (κ1) is 19.7. The summed E-state index contributed by atoms with van der Waals surface area (Å²) < 4.78 is 7.28. The molecule has 7 nitrogen and oxygen atoms in total. The van der Waals surface area contributed by atoms with Gasteiger partial charge in [-0.1, -0.05) is 47.6 Å². The van der Waals surface area contributed by atoms with Crippen molar-refractivity contribution < 1.29 is 14.4 Å². The van der Waals surface area contributed by atoms with Crippen molar-refractivity contribution in [2.75, 3.05) is 12.4 Å². The Morgan fingerprint density at radius 1 is 1.17 bits per heavy atom. The van der Waals surface area contributed by atoms with Crippen LogP contribution in [0.25, 0.3) is 0 Å². The number of nitrogens with zero attached hydrogens (tertiary/aromatic N) is 3. The normalized spacial score (nSPS) is 15.4. The number of carbonyl (C=O) groups is 1. The molecule has 0 aliphatic carbocycles. The summed E-state index contributed by atoms with van der Waals surface area (Å²) in [7, 11) is 1.61. The number of oxime groups is 1. The zero-order valence-corrected chi connectivity index (χ0v) is 17.3. The van der Waals surface area contributed by atoms with E-state index in [-0.39, 0.29) is 5.91 Å². The Morgan fingerprint density at radius 2 is 1.90 bits per heavy atom. The molecule has 1 aliphatic rings. The molecule has 1 amide bonds. The first-order valence-corrected chi connectivity index (χ1v) is 9.81. The highest BCUT2D eigenvalue weighted by molar-refractivity contribution is 6.07. The quantitative estimate of drug-likeness (QED) is 0.680. The fraction of sp³-hybridized carbons (Fsp3) is 0.261. The topological polar surface area (TPSA) is 77.7 Å². The lowest BCUT2D eigenvalue weighted by molar-refractivity contribution is -0.125. The standard InChI is InChI=1S/C23H24N4O3/c1-15-22(16(2)27(25-15)14-17-9-5-4-6-10-17)24-23(28)21-13-19(26-30-21)18-11-7-8-12-20(18)29-3/h4-12,21H,13-14H2,1-3H3,(H,24,28)/t21-/m1/s1. The first-order chi connectivity index (χ1) is 14.6. The zero-order valence-electron chi connectivity index (χ0n) is 17.3. The lowest BCUT2D eigenvalue weighted by Crippen LogP contribution is -2.28. The van der Waals surface area contributed by atoms with E-state index in [1.807, 2.05) is 61.0 Å². The van der Waals surface area contributed by atoms with Gasteiger partial charge in [0, 0.05) is 12.0 Å². The van der Waals surface area contributed by atoms with Crippen molar-refractivity contribution in [2.24, 2.45) is 5.16 Å². The van der Waals surface area contributed by atoms with Gasteiger partial charge in [0.2, 0.25) is 6.10 Å². The summed E-state index contributed by atoms with van der Waals surface area (Å²) in [6.45, 7) is 4.48. The molecular formula is C23H24N4O3. The van der Waals surface area contributed by atoms with Gasteiger partial charge in [0.05, 0.1) is 36.4 Å². The fourth-order valence-corrected chi connectivity index (χ4v) is 3.55. The molecule has 0 bridgehead atoms. The minimum Gasteiger partial charge on any atom is -0.496 e. The van der Waals surface area contributed by atoms with E-state index < -0.39 is 6.10 Å². The van der Waals surface area contributed by atoms with Gasteiger partial charge in [0.1, 0.15) is 5.75 Å². The number of amides is 1. The predicted molar refractivity (Wildman–Crippen MR) is 115 cm³/mol. The third kappa shape index (κ3) is 3.91. The van der Waals surface area contributed by atoms with E-state index in [2.05, 4.69) is 27.7 Å². The number of aryl methyl sites for hydroxylation is 1. The molecule has 0 fully saturated rings. The summed E-state index contributed by atoms with van der Waals surface area (Å²) in [5.74, 6) is 0.462. The van der Waals surface area contributed by atoms with E-state index >= 15 is 0 Å². The third-order valence-corrected chi connectivity index (χ3v) is 5.18. The van der Waals surface area contributed by atoms with Crippen LogP contribution >= 0.6 is 0 Å². The number of ether oxygens (including phenoxy) is 1. The largest absolute Gasteiger partial charge is 0.496 e. The summed E-state index contributed by atoms with van der Waals surface area (Å²) in [6, 6.07) is 17.7. The summed E-state index contributed by atoms with van der Waals surface area (Å²) in [6.07, 6.45) is -0.316. The van der Waals surface area contributed by atoms with Gasteiger partial charge < -0.3 is 14.9 Å². The Morgan fingerprint density at radius 3 is 2.67 bits per heavy atom. The third-order valence-electron chi connectivity index (χ3n) is 5.18. The summed E-state index contributed by atoms with van der Waals surface area (Å²) >= 11 is 0. The van der Waals surface area contributed by atoms with Gasteiger partial charge in [-0.05, 0) is 31.5 Å². The highest BCUT2D eigenvalue weighted by Crippen LogP contribution is 2.26. The molecule has 0 spiro atoms. The van der Waals surface area contributed by atoms with Crippen LogP contribution in [0.4, 0.5) is 5.69 Å². The highest BCUT2D eigenvalue weighted by Gasteiger charge is 2.31. The number of rotatable bonds is 6. The number of aromatic nitrogens is 2. The van der Waals surface area contributed by atoms with Gasteiger partial charge in [0.15, 0.2) is 0 Å². The predicted octanol–water partition coefficient (Wildman–Crippen LogP) is 3.69. The average Bonchev–Trinajstić information content (AvgIpc) is 3.36. The molecule has 0 saturated heterocycles. The molecule has 7 heteroatoms. The number of hydrogen-bond donors (Lipinski definition) is 1. The number of anilines is 1. The Labute approximate surface area is 175 Å². The molecule has 1 atom stereocenters. The number of para-hydroxylation sites is 1. The maximum absolute atomic E-state index is 12.8. The van der Waals surface area contributed by atoms with Crippen molar-refractivity contribution in [2.45, 2.75) is 32.9 Å². The van der Waals surface area contributed by atoms with Gasteiger partial charge >= 0.3 is 0 Å². The Hall–Kier alpha value is -3.61. The highest BCUT2D eigenvalue weighted by atomic mass is 16.6. The summed E-state index contributed by atoms with van der Waals surface area (Å²) in [4.78, 5) is 18.3. The van der Waals surface area contributed by atoms with E-state index in [1.165, 1.54) is 0 Å². The molecule has 1 aliphatic heterocycles. The molecule has 1 aromatic heterocycles. The van der Waals surface area contributed by atoms with Gasteiger partial charge in [0.25, 0.3) is 5.91 Å². The smallest absolute Gasteiger partial charge is 0.268 e. The van der Waals surface area contributed by atoms with E-state index in [0.29, 0.717) is 30.1 Å². The molecule has 2 heterocycles. The van der Waals surface area contributed by atoms with Gasteiger partial charge in [-0.15, -0.1) is 0 Å². The second-order valence-corrected chi connectivity index (χ2v) is 7.21. The number of hydrogen-bond acceptors (Lipinski definition) is 5. The lowest BCUT2D eigenvalue weighted by atomic mass is 10.0. The minimum atomic E-state index is -0.693. The Bertz CT molecular complexity index is 1090. The summed E-state index contributed by atoms with van der Waals surface area (Å²) in [5, 5.41) is 11.7. The van der Waals surface area contributed by atoms with Crippen LogP contribution in [0.2, 0.25) is 0 Å². The van der Waals surface area contributed by atoms with Crippen LogP contribution in [0.5, 0.6) is 5.75 Å². The molecular weight excluding hydrogens is 380 g/mol.